The minimum absolute atomic E-state index is 0.290. The molecule has 0 fully saturated rings. The third kappa shape index (κ3) is 4.57. The second-order valence-electron chi connectivity index (χ2n) is 6.12. The van der Waals surface area contributed by atoms with Gasteiger partial charge in [0.1, 0.15) is 30.3 Å². The molecule has 3 atom stereocenters. The van der Waals surface area contributed by atoms with Crippen LogP contribution in [-0.4, -0.2) is 71.6 Å². The van der Waals surface area contributed by atoms with E-state index in [0.717, 1.165) is 12.1 Å². The predicted octanol–water partition coefficient (Wildman–Crippen LogP) is -0.779. The smallest absolute Gasteiger partial charge is 0.167 e. The summed E-state index contributed by atoms with van der Waals surface area (Å²) in [7, 11) is 0. The molecule has 11 heteroatoms. The molecule has 27 heavy (non-hydrogen) atoms. The molecule has 0 radical (unpaired) electrons. The van der Waals surface area contributed by atoms with Crippen molar-refractivity contribution in [1.29, 1.82) is 0 Å². The monoisotopic (exact) mass is 376 g/mol. The number of rotatable bonds is 10. The second kappa shape index (κ2) is 8.86. The van der Waals surface area contributed by atoms with Gasteiger partial charge in [-0.3, -0.25) is 4.57 Å². The van der Waals surface area contributed by atoms with Crippen LogP contribution in [0.15, 0.2) is 25.2 Å². The summed E-state index contributed by atoms with van der Waals surface area (Å²) in [6, 6.07) is 0. The number of nitrogens with two attached hydrogens (primary N) is 1. The van der Waals surface area contributed by atoms with Crippen LogP contribution in [0.2, 0.25) is 0 Å². The third-order valence-electron chi connectivity index (χ3n) is 4.23. The minimum Gasteiger partial charge on any atom is -0.394 e. The molecule has 0 spiro atoms. The number of fused-ring (bicyclic) bond motifs is 1. The molecule has 3 aromatic rings. The molecule has 0 bridgehead atoms. The summed E-state index contributed by atoms with van der Waals surface area (Å²) < 4.78 is 7.66. The van der Waals surface area contributed by atoms with Crippen molar-refractivity contribution in [1.82, 2.24) is 34.8 Å². The van der Waals surface area contributed by atoms with E-state index in [9.17, 15) is 10.2 Å². The molecule has 0 amide bonds. The molecule has 0 aliphatic rings. The van der Waals surface area contributed by atoms with E-state index in [0.29, 0.717) is 24.3 Å². The Bertz CT molecular complexity index is 837. The summed E-state index contributed by atoms with van der Waals surface area (Å²) in [5, 5.41) is 22.7. The van der Waals surface area contributed by atoms with Crippen LogP contribution in [0.5, 0.6) is 0 Å². The molecule has 0 aliphatic heterocycles. The summed E-state index contributed by atoms with van der Waals surface area (Å²) in [6.07, 6.45) is 4.99. The first-order valence-corrected chi connectivity index (χ1v) is 8.66. The maximum Gasteiger partial charge on any atom is 0.167 e. The van der Waals surface area contributed by atoms with E-state index in [4.69, 9.17) is 10.5 Å². The number of aromatic amines is 1. The number of nitrogens with zero attached hydrogens (tertiary/aromatic N) is 5. The molecule has 11 nitrogen and oxygen atoms in total. The SMILES string of the molecule is CC(OC(CNCCc1c[nH]cn1)C(O)CO)n1cnc2c(N)ncnc21. The van der Waals surface area contributed by atoms with Gasteiger partial charge in [0.15, 0.2) is 11.5 Å². The van der Waals surface area contributed by atoms with Crippen LogP contribution in [0, 0.1) is 0 Å². The number of aromatic nitrogens is 6. The number of ether oxygens (including phenoxy) is 1. The average Bonchev–Trinajstić information content (AvgIpc) is 3.33. The Labute approximate surface area is 155 Å². The van der Waals surface area contributed by atoms with E-state index in [1.54, 1.807) is 24.1 Å². The first kappa shape index (κ1) is 19.2. The third-order valence-corrected chi connectivity index (χ3v) is 4.23. The Hall–Kier alpha value is -2.60. The molecule has 0 aromatic carbocycles. The highest BCUT2D eigenvalue weighted by atomic mass is 16.5. The highest BCUT2D eigenvalue weighted by molar-refractivity contribution is 5.81. The fourth-order valence-corrected chi connectivity index (χ4v) is 2.74. The van der Waals surface area contributed by atoms with E-state index < -0.39 is 25.0 Å². The van der Waals surface area contributed by atoms with Crippen molar-refractivity contribution in [3.63, 3.8) is 0 Å². The molecule has 3 rings (SSSR count). The zero-order chi connectivity index (χ0) is 19.2. The van der Waals surface area contributed by atoms with Gasteiger partial charge in [0.05, 0.1) is 25.0 Å². The van der Waals surface area contributed by atoms with Crippen molar-refractivity contribution in [2.24, 2.45) is 0 Å². The molecule has 0 aliphatic carbocycles. The number of aliphatic hydroxyl groups is 2. The first-order chi connectivity index (χ1) is 13.1. The molecule has 3 unspecified atom stereocenters. The van der Waals surface area contributed by atoms with Gasteiger partial charge in [-0.25, -0.2) is 19.9 Å². The van der Waals surface area contributed by atoms with Gasteiger partial charge in [0.25, 0.3) is 0 Å². The lowest BCUT2D eigenvalue weighted by molar-refractivity contribution is -0.106. The van der Waals surface area contributed by atoms with E-state index in [1.807, 2.05) is 6.20 Å². The molecule has 0 saturated heterocycles. The number of imidazole rings is 2. The molecule has 0 saturated carbocycles. The lowest BCUT2D eigenvalue weighted by atomic mass is 10.2. The molecule has 6 N–H and O–H groups in total. The van der Waals surface area contributed by atoms with E-state index in [-0.39, 0.29) is 5.82 Å². The molecular formula is C16H24N8O3. The minimum atomic E-state index is -1.03. The fraction of sp³-hybridized carbons (Fsp3) is 0.500. The lowest BCUT2D eigenvalue weighted by Crippen LogP contribution is -2.42. The van der Waals surface area contributed by atoms with Crippen molar-refractivity contribution < 1.29 is 14.9 Å². The number of hydrogen-bond acceptors (Lipinski definition) is 9. The van der Waals surface area contributed by atoms with Gasteiger partial charge in [0.2, 0.25) is 0 Å². The van der Waals surface area contributed by atoms with Gasteiger partial charge >= 0.3 is 0 Å². The topological polar surface area (TPSA) is 160 Å². The van der Waals surface area contributed by atoms with Crippen LogP contribution in [0.3, 0.4) is 0 Å². The Kier molecular flexibility index (Phi) is 6.29. The Morgan fingerprint density at radius 1 is 1.33 bits per heavy atom. The number of nitrogens with one attached hydrogen (secondary N) is 2. The molecular weight excluding hydrogens is 352 g/mol. The zero-order valence-electron chi connectivity index (χ0n) is 15.0. The van der Waals surface area contributed by atoms with E-state index in [2.05, 4.69) is 30.2 Å². The van der Waals surface area contributed by atoms with Crippen molar-refractivity contribution in [2.45, 2.75) is 31.8 Å². The van der Waals surface area contributed by atoms with Crippen LogP contribution >= 0.6 is 0 Å². The van der Waals surface area contributed by atoms with Crippen molar-refractivity contribution in [3.05, 3.63) is 30.9 Å². The summed E-state index contributed by atoms with van der Waals surface area (Å²) in [6.45, 7) is 2.42. The summed E-state index contributed by atoms with van der Waals surface area (Å²) in [4.78, 5) is 19.4. The Morgan fingerprint density at radius 3 is 2.93 bits per heavy atom. The Balaban J connectivity index is 1.61. The largest absolute Gasteiger partial charge is 0.394 e. The van der Waals surface area contributed by atoms with Crippen molar-refractivity contribution in [3.8, 4) is 0 Å². The molecule has 3 heterocycles. The summed E-state index contributed by atoms with van der Waals surface area (Å²) in [5.41, 5.74) is 7.78. The highest BCUT2D eigenvalue weighted by Crippen LogP contribution is 2.20. The van der Waals surface area contributed by atoms with Crippen LogP contribution in [-0.2, 0) is 11.2 Å². The fourth-order valence-electron chi connectivity index (χ4n) is 2.74. The number of nitrogen functional groups attached to an aromatic ring is 1. The maximum absolute atomic E-state index is 10.1. The zero-order valence-corrected chi connectivity index (χ0v) is 15.0. The van der Waals surface area contributed by atoms with Gasteiger partial charge < -0.3 is 31.0 Å². The lowest BCUT2D eigenvalue weighted by Gasteiger charge is -2.26. The first-order valence-electron chi connectivity index (χ1n) is 8.66. The maximum atomic E-state index is 10.1. The number of H-pyrrole nitrogens is 1. The number of anilines is 1. The highest BCUT2D eigenvalue weighted by Gasteiger charge is 2.23. The summed E-state index contributed by atoms with van der Waals surface area (Å²) in [5.74, 6) is 0.290. The second-order valence-corrected chi connectivity index (χ2v) is 6.12. The van der Waals surface area contributed by atoms with Crippen LogP contribution in [0.1, 0.15) is 18.8 Å². The van der Waals surface area contributed by atoms with Gasteiger partial charge in [-0.05, 0) is 6.92 Å². The normalized spacial score (nSPS) is 15.1. The summed E-state index contributed by atoms with van der Waals surface area (Å²) >= 11 is 0. The van der Waals surface area contributed by atoms with Crippen molar-refractivity contribution >= 4 is 17.0 Å². The Morgan fingerprint density at radius 2 is 2.19 bits per heavy atom. The van der Waals surface area contributed by atoms with Crippen LogP contribution in [0.4, 0.5) is 5.82 Å². The number of hydrogen-bond donors (Lipinski definition) is 5. The van der Waals surface area contributed by atoms with Gasteiger partial charge in [-0.1, -0.05) is 0 Å². The van der Waals surface area contributed by atoms with E-state index >= 15 is 0 Å². The molecule has 3 aromatic heterocycles. The van der Waals surface area contributed by atoms with Gasteiger partial charge in [-0.15, -0.1) is 0 Å². The van der Waals surface area contributed by atoms with Crippen molar-refractivity contribution in [2.75, 3.05) is 25.4 Å². The van der Waals surface area contributed by atoms with Gasteiger partial charge in [0, 0.05) is 25.7 Å². The molecule has 146 valence electrons. The van der Waals surface area contributed by atoms with Gasteiger partial charge in [-0.2, -0.15) is 0 Å². The predicted molar refractivity (Wildman–Crippen MR) is 97.6 cm³/mol. The number of aliphatic hydroxyl groups excluding tert-OH is 2. The van der Waals surface area contributed by atoms with Crippen LogP contribution in [0.25, 0.3) is 11.2 Å². The van der Waals surface area contributed by atoms with E-state index in [1.165, 1.54) is 6.33 Å². The van der Waals surface area contributed by atoms with Crippen LogP contribution < -0.4 is 11.1 Å². The standard InChI is InChI=1S/C16H24N8O3/c1-10(24-9-23-14-15(17)21-8-22-16(14)24)27-13(12(26)6-25)5-18-3-2-11-4-19-7-20-11/h4,7-10,12-13,18,25-26H,2-3,5-6H2,1H3,(H,19,20)(H2,17,21,22). The quantitative estimate of drug-likeness (QED) is 0.286. The average molecular weight is 376 g/mol.